The van der Waals surface area contributed by atoms with Crippen molar-refractivity contribution in [3.8, 4) is 28.7 Å². The van der Waals surface area contributed by atoms with Crippen molar-refractivity contribution in [2.24, 2.45) is 0 Å². The van der Waals surface area contributed by atoms with Gasteiger partial charge in [0.1, 0.15) is 22.8 Å². The summed E-state index contributed by atoms with van der Waals surface area (Å²) in [6.45, 7) is 1.72. The number of nitrogens with one attached hydrogen (secondary N) is 1. The minimum Gasteiger partial charge on any atom is -0.436 e. The van der Waals surface area contributed by atoms with E-state index in [9.17, 15) is 10.1 Å². The zero-order valence-corrected chi connectivity index (χ0v) is 14.7. The van der Waals surface area contributed by atoms with E-state index >= 15 is 0 Å². The number of aromatic nitrogens is 5. The molecule has 0 saturated carbocycles. The van der Waals surface area contributed by atoms with Crippen molar-refractivity contribution in [3.63, 3.8) is 0 Å². The highest BCUT2D eigenvalue weighted by atomic mass is 16.3. The van der Waals surface area contributed by atoms with Gasteiger partial charge in [0.05, 0.1) is 17.5 Å². The van der Waals surface area contributed by atoms with Crippen LogP contribution in [0.4, 0.5) is 0 Å². The molecule has 1 N–H and O–H groups in total. The van der Waals surface area contributed by atoms with Gasteiger partial charge >= 0.3 is 0 Å². The number of hydrogen-bond donors (Lipinski definition) is 1. The molecule has 4 heterocycles. The first-order chi connectivity index (χ1) is 13.7. The van der Waals surface area contributed by atoms with Crippen LogP contribution in [-0.4, -0.2) is 24.6 Å². The summed E-state index contributed by atoms with van der Waals surface area (Å²) in [5, 5.41) is 12.4. The van der Waals surface area contributed by atoms with Crippen molar-refractivity contribution in [2.75, 3.05) is 0 Å². The van der Waals surface area contributed by atoms with Crippen LogP contribution in [0.2, 0.25) is 0 Å². The zero-order chi connectivity index (χ0) is 19.3. The third-order valence-electron chi connectivity index (χ3n) is 4.54. The normalized spacial score (nSPS) is 11.1. The van der Waals surface area contributed by atoms with E-state index in [1.165, 1.54) is 4.52 Å². The highest BCUT2D eigenvalue weighted by molar-refractivity contribution is 5.83. The number of fused-ring (bicyclic) bond motifs is 2. The van der Waals surface area contributed by atoms with Crippen molar-refractivity contribution in [2.45, 2.75) is 6.92 Å². The third-order valence-corrected chi connectivity index (χ3v) is 4.54. The summed E-state index contributed by atoms with van der Waals surface area (Å²) >= 11 is 0. The molecule has 0 radical (unpaired) electrons. The molecule has 0 spiro atoms. The maximum absolute atomic E-state index is 13.2. The second-order valence-corrected chi connectivity index (χ2v) is 6.24. The van der Waals surface area contributed by atoms with Crippen LogP contribution >= 0.6 is 0 Å². The largest absolute Gasteiger partial charge is 0.436 e. The van der Waals surface area contributed by atoms with E-state index in [1.54, 1.807) is 25.4 Å². The fourth-order valence-electron chi connectivity index (χ4n) is 3.27. The molecule has 0 saturated heterocycles. The van der Waals surface area contributed by atoms with E-state index in [0.29, 0.717) is 28.0 Å². The monoisotopic (exact) mass is 368 g/mol. The van der Waals surface area contributed by atoms with E-state index in [1.807, 2.05) is 30.3 Å². The average Bonchev–Trinajstić information content (AvgIpc) is 3.29. The average molecular weight is 368 g/mol. The molecule has 4 aromatic heterocycles. The van der Waals surface area contributed by atoms with Crippen molar-refractivity contribution >= 4 is 16.7 Å². The smallest absolute Gasteiger partial charge is 0.285 e. The fraction of sp³-hybridized carbons (Fsp3) is 0.0500. The van der Waals surface area contributed by atoms with Gasteiger partial charge in [-0.05, 0) is 12.5 Å². The van der Waals surface area contributed by atoms with Gasteiger partial charge in [-0.2, -0.15) is 9.78 Å². The van der Waals surface area contributed by atoms with Crippen LogP contribution in [0.15, 0.2) is 58.0 Å². The van der Waals surface area contributed by atoms with Crippen LogP contribution in [-0.2, 0) is 0 Å². The number of nitriles is 1. The molecule has 0 atom stereocenters. The topological polar surface area (TPSA) is 113 Å². The van der Waals surface area contributed by atoms with Gasteiger partial charge in [-0.1, -0.05) is 30.3 Å². The molecule has 1 aromatic carbocycles. The van der Waals surface area contributed by atoms with Crippen LogP contribution < -0.4 is 5.56 Å². The zero-order valence-electron chi connectivity index (χ0n) is 14.7. The van der Waals surface area contributed by atoms with Gasteiger partial charge in [-0.15, -0.1) is 0 Å². The lowest BCUT2D eigenvalue weighted by molar-refractivity contribution is 0.616. The molecular formula is C20H12N6O2. The van der Waals surface area contributed by atoms with Gasteiger partial charge in [-0.25, -0.2) is 9.97 Å². The Labute approximate surface area is 157 Å². The summed E-state index contributed by atoms with van der Waals surface area (Å²) in [5.41, 5.74) is 3.41. The second kappa shape index (κ2) is 5.89. The minimum absolute atomic E-state index is 0.168. The van der Waals surface area contributed by atoms with Gasteiger partial charge in [0.25, 0.3) is 5.56 Å². The Morgan fingerprint density at radius 1 is 1.14 bits per heavy atom. The van der Waals surface area contributed by atoms with E-state index in [4.69, 9.17) is 4.42 Å². The number of benzene rings is 1. The molecule has 0 fully saturated rings. The number of nitrogens with zero attached hydrogens (tertiary/aromatic N) is 5. The Morgan fingerprint density at radius 2 is 1.96 bits per heavy atom. The van der Waals surface area contributed by atoms with Gasteiger partial charge < -0.3 is 4.42 Å². The number of hydrogen-bond acceptors (Lipinski definition) is 6. The van der Waals surface area contributed by atoms with Crippen LogP contribution in [0, 0.1) is 18.3 Å². The molecule has 134 valence electrons. The van der Waals surface area contributed by atoms with Crippen molar-refractivity contribution in [3.05, 3.63) is 70.5 Å². The van der Waals surface area contributed by atoms with E-state index < -0.39 is 0 Å². The molecule has 5 aromatic rings. The van der Waals surface area contributed by atoms with Crippen LogP contribution in [0.3, 0.4) is 0 Å². The van der Waals surface area contributed by atoms with Crippen LogP contribution in [0.5, 0.6) is 0 Å². The van der Waals surface area contributed by atoms with Gasteiger partial charge in [0.2, 0.25) is 5.89 Å². The number of pyridine rings is 1. The number of aryl methyl sites for hydroxylation is 1. The molecule has 0 aliphatic carbocycles. The maximum Gasteiger partial charge on any atom is 0.285 e. The second-order valence-electron chi connectivity index (χ2n) is 6.24. The van der Waals surface area contributed by atoms with Crippen molar-refractivity contribution < 1.29 is 4.42 Å². The summed E-state index contributed by atoms with van der Waals surface area (Å²) in [6.07, 6.45) is 3.16. The summed E-state index contributed by atoms with van der Waals surface area (Å²) in [4.78, 5) is 26.2. The van der Waals surface area contributed by atoms with Crippen LogP contribution in [0.1, 0.15) is 11.4 Å². The first-order valence-corrected chi connectivity index (χ1v) is 8.49. The molecule has 8 heteroatoms. The first-order valence-electron chi connectivity index (χ1n) is 8.49. The minimum atomic E-state index is -0.388. The van der Waals surface area contributed by atoms with Gasteiger partial charge in [0, 0.05) is 12.3 Å². The summed E-state index contributed by atoms with van der Waals surface area (Å²) in [7, 11) is 0. The lowest BCUT2D eigenvalue weighted by Crippen LogP contribution is -2.19. The maximum atomic E-state index is 13.2. The molecule has 0 aliphatic rings. The molecule has 0 amide bonds. The Balaban J connectivity index is 1.83. The molecular weight excluding hydrogens is 356 g/mol. The summed E-state index contributed by atoms with van der Waals surface area (Å²) < 4.78 is 6.99. The number of rotatable bonds is 2. The Morgan fingerprint density at radius 3 is 2.71 bits per heavy atom. The van der Waals surface area contributed by atoms with E-state index in [0.717, 1.165) is 5.56 Å². The quantitative estimate of drug-likeness (QED) is 0.512. The number of H-pyrrole nitrogens is 1. The highest BCUT2D eigenvalue weighted by Crippen LogP contribution is 2.29. The molecule has 0 unspecified atom stereocenters. The van der Waals surface area contributed by atoms with E-state index in [2.05, 4.69) is 26.1 Å². The Hall–Kier alpha value is -4.25. The summed E-state index contributed by atoms with van der Waals surface area (Å²) in [6, 6.07) is 13.1. The Bertz CT molecular complexity index is 1420. The standard InChI is InChI=1S/C20H12N6O2/c1-11-16(19-24-14-10-22-8-7-15(14)28-19)20(27)26-18(23-11)17(13(9-21)25-26)12-5-3-2-4-6-12/h2-8,10,25H,1H3. The van der Waals surface area contributed by atoms with Crippen molar-refractivity contribution in [1.82, 2.24) is 24.6 Å². The number of aromatic amines is 1. The molecule has 5 rings (SSSR count). The fourth-order valence-corrected chi connectivity index (χ4v) is 3.27. The Kier molecular flexibility index (Phi) is 3.36. The van der Waals surface area contributed by atoms with E-state index in [-0.39, 0.29) is 22.7 Å². The van der Waals surface area contributed by atoms with Crippen molar-refractivity contribution in [1.29, 1.82) is 5.26 Å². The summed E-state index contributed by atoms with van der Waals surface area (Å²) in [5.74, 6) is 0.168. The lowest BCUT2D eigenvalue weighted by atomic mass is 10.1. The highest BCUT2D eigenvalue weighted by Gasteiger charge is 2.22. The lowest BCUT2D eigenvalue weighted by Gasteiger charge is -2.03. The molecule has 8 nitrogen and oxygen atoms in total. The molecule has 0 aliphatic heterocycles. The molecule has 28 heavy (non-hydrogen) atoms. The third kappa shape index (κ3) is 2.23. The number of oxazole rings is 1. The van der Waals surface area contributed by atoms with Crippen LogP contribution in [0.25, 0.3) is 39.3 Å². The predicted octanol–water partition coefficient (Wildman–Crippen LogP) is 3.07. The SMILES string of the molecule is Cc1nc2c(-c3ccccc3)c(C#N)[nH]n2c(=O)c1-c1nc2cnccc2o1. The predicted molar refractivity (Wildman–Crippen MR) is 101 cm³/mol. The first kappa shape index (κ1) is 16.0. The van der Waals surface area contributed by atoms with Gasteiger partial charge in [-0.3, -0.25) is 14.9 Å². The molecule has 0 bridgehead atoms. The van der Waals surface area contributed by atoms with Gasteiger partial charge in [0.15, 0.2) is 11.2 Å².